The van der Waals surface area contributed by atoms with Gasteiger partial charge in [-0.05, 0) is 23.8 Å². The van der Waals surface area contributed by atoms with E-state index in [1.165, 1.54) is 12.1 Å². The van der Waals surface area contributed by atoms with Gasteiger partial charge >= 0.3 is 0 Å². The van der Waals surface area contributed by atoms with Crippen molar-refractivity contribution in [1.82, 2.24) is 0 Å². The quantitative estimate of drug-likeness (QED) is 0.440. The molecule has 24 heavy (non-hydrogen) atoms. The number of rotatable bonds is 3. The van der Waals surface area contributed by atoms with Gasteiger partial charge in [0.15, 0.2) is 0 Å². The van der Waals surface area contributed by atoms with Crippen molar-refractivity contribution in [1.29, 1.82) is 0 Å². The fraction of sp³-hybridized carbons (Fsp3) is 0. The molecule has 0 saturated carbocycles. The lowest BCUT2D eigenvalue weighted by molar-refractivity contribution is 0.481. The van der Waals surface area contributed by atoms with E-state index in [0.29, 0.717) is 0 Å². The summed E-state index contributed by atoms with van der Waals surface area (Å²) < 4.78 is 63.8. The van der Waals surface area contributed by atoms with Crippen LogP contribution in [0.2, 0.25) is 10.0 Å². The van der Waals surface area contributed by atoms with Gasteiger partial charge in [-0.15, -0.1) is 0 Å². The van der Waals surface area contributed by atoms with E-state index in [0.717, 1.165) is 12.1 Å². The van der Waals surface area contributed by atoms with Crippen molar-refractivity contribution in [3.05, 3.63) is 34.3 Å². The van der Waals surface area contributed by atoms with Gasteiger partial charge in [0.05, 0.1) is 21.4 Å². The van der Waals surface area contributed by atoms with Crippen molar-refractivity contribution in [3.63, 3.8) is 0 Å². The molecule has 130 valence electrons. The van der Waals surface area contributed by atoms with Gasteiger partial charge in [-0.25, -0.2) is 0 Å². The molecule has 0 aliphatic heterocycles. The highest BCUT2D eigenvalue weighted by Crippen LogP contribution is 2.41. The van der Waals surface area contributed by atoms with Crippen molar-refractivity contribution in [2.45, 2.75) is 9.79 Å². The lowest BCUT2D eigenvalue weighted by atomic mass is 10.0. The van der Waals surface area contributed by atoms with Gasteiger partial charge in [-0.2, -0.15) is 16.8 Å². The molecule has 0 aliphatic rings. The van der Waals surface area contributed by atoms with E-state index in [4.69, 9.17) is 34.7 Å². The van der Waals surface area contributed by atoms with Gasteiger partial charge in [0.1, 0.15) is 9.79 Å². The Kier molecular flexibility index (Phi) is 4.74. The van der Waals surface area contributed by atoms with E-state index in [2.05, 4.69) is 0 Å². The molecule has 0 fully saturated rings. The summed E-state index contributed by atoms with van der Waals surface area (Å²) in [5, 5.41) is -0.514. The van der Waals surface area contributed by atoms with Gasteiger partial charge in [0.25, 0.3) is 20.2 Å². The van der Waals surface area contributed by atoms with Crippen molar-refractivity contribution < 1.29 is 25.9 Å². The van der Waals surface area contributed by atoms with Crippen LogP contribution in [0, 0.1) is 0 Å². The van der Waals surface area contributed by atoms with E-state index in [-0.39, 0.29) is 26.9 Å². The maximum Gasteiger partial charge on any atom is 0.296 e. The van der Waals surface area contributed by atoms with Crippen LogP contribution in [0.25, 0.3) is 11.1 Å². The van der Waals surface area contributed by atoms with Gasteiger partial charge < -0.3 is 11.5 Å². The number of anilines is 2. The molecule has 0 bridgehead atoms. The van der Waals surface area contributed by atoms with Gasteiger partial charge in [-0.1, -0.05) is 29.3 Å². The molecule has 2 aromatic carbocycles. The lowest BCUT2D eigenvalue weighted by Gasteiger charge is -2.13. The third kappa shape index (κ3) is 3.43. The fourth-order valence-electron chi connectivity index (χ4n) is 1.97. The summed E-state index contributed by atoms with van der Waals surface area (Å²) in [4.78, 5) is -1.30. The molecule has 0 atom stereocenters. The minimum Gasteiger partial charge on any atom is -0.398 e. The smallest absolute Gasteiger partial charge is 0.296 e. The third-order valence-electron chi connectivity index (χ3n) is 3.09. The second kappa shape index (κ2) is 6.06. The van der Waals surface area contributed by atoms with Crippen LogP contribution in [0.1, 0.15) is 0 Å². The Morgan fingerprint density at radius 1 is 0.833 bits per heavy atom. The molecule has 2 rings (SSSR count). The van der Waals surface area contributed by atoms with Crippen LogP contribution in [0.4, 0.5) is 11.4 Å². The first-order valence-electron chi connectivity index (χ1n) is 5.96. The van der Waals surface area contributed by atoms with E-state index >= 15 is 0 Å². The van der Waals surface area contributed by atoms with Crippen molar-refractivity contribution >= 4 is 54.8 Å². The highest BCUT2D eigenvalue weighted by atomic mass is 35.5. The molecule has 0 unspecified atom stereocenters. The summed E-state index contributed by atoms with van der Waals surface area (Å²) in [6.07, 6.45) is 0. The summed E-state index contributed by atoms with van der Waals surface area (Å²) in [5.74, 6) is 0. The number of benzene rings is 2. The van der Waals surface area contributed by atoms with Crippen LogP contribution in [0.3, 0.4) is 0 Å². The van der Waals surface area contributed by atoms with Gasteiger partial charge in [-0.3, -0.25) is 9.11 Å². The van der Waals surface area contributed by atoms with Crippen LogP contribution in [-0.2, 0) is 20.2 Å². The Morgan fingerprint density at radius 2 is 1.38 bits per heavy atom. The van der Waals surface area contributed by atoms with Gasteiger partial charge in [0.2, 0.25) is 0 Å². The van der Waals surface area contributed by atoms with E-state index in [1.54, 1.807) is 0 Å². The van der Waals surface area contributed by atoms with E-state index in [9.17, 15) is 25.9 Å². The molecule has 0 amide bonds. The van der Waals surface area contributed by atoms with Crippen molar-refractivity contribution in [3.8, 4) is 11.1 Å². The Labute approximate surface area is 147 Å². The average molecular weight is 413 g/mol. The first-order valence-corrected chi connectivity index (χ1v) is 9.60. The molecule has 0 saturated heterocycles. The predicted molar refractivity (Wildman–Crippen MR) is 90.4 cm³/mol. The summed E-state index contributed by atoms with van der Waals surface area (Å²) in [7, 11) is -9.34. The molecule has 0 aliphatic carbocycles. The first-order chi connectivity index (χ1) is 10.8. The van der Waals surface area contributed by atoms with Crippen molar-refractivity contribution in [2.24, 2.45) is 0 Å². The largest absolute Gasteiger partial charge is 0.398 e. The zero-order valence-electron chi connectivity index (χ0n) is 11.6. The van der Waals surface area contributed by atoms with E-state index in [1.807, 2.05) is 0 Å². The third-order valence-corrected chi connectivity index (χ3v) is 5.77. The summed E-state index contributed by atoms with van der Waals surface area (Å²) >= 11 is 11.9. The predicted octanol–water partition coefficient (Wildman–Crippen LogP) is 2.32. The molecule has 0 spiro atoms. The molecule has 0 radical (unpaired) electrons. The summed E-state index contributed by atoms with van der Waals surface area (Å²) in [6, 6.07) is 4.40. The summed E-state index contributed by atoms with van der Waals surface area (Å²) in [5.41, 5.74) is 10.4. The first kappa shape index (κ1) is 18.8. The molecular weight excluding hydrogens is 403 g/mol. The zero-order valence-corrected chi connectivity index (χ0v) is 14.7. The number of hydrogen-bond donors (Lipinski definition) is 4. The monoisotopic (exact) mass is 412 g/mol. The van der Waals surface area contributed by atoms with Crippen LogP contribution in [0.15, 0.2) is 34.1 Å². The zero-order chi connectivity index (χ0) is 18.4. The maximum atomic E-state index is 11.4. The minimum absolute atomic E-state index is 0.0339. The van der Waals surface area contributed by atoms with Crippen LogP contribution in [-0.4, -0.2) is 25.9 Å². The average Bonchev–Trinajstić information content (AvgIpc) is 2.43. The number of hydrogen-bond acceptors (Lipinski definition) is 6. The standard InChI is InChI=1S/C12H10Cl2N2O6S2/c13-10-6(4-9(24(20,21)22)12(16)11(10)14)5-1-2-7(15)8(3-5)23(17,18)19/h1-4H,15-16H2,(H,17,18,19)(H,20,21,22). The number of nitrogens with two attached hydrogens (primary N) is 2. The molecule has 8 nitrogen and oxygen atoms in total. The molecule has 12 heteroatoms. The SMILES string of the molecule is Nc1ccc(-c2cc(S(=O)(=O)O)c(N)c(Cl)c2Cl)cc1S(=O)(=O)O. The minimum atomic E-state index is -4.71. The number of halogens is 2. The van der Waals surface area contributed by atoms with Crippen LogP contribution in [0.5, 0.6) is 0 Å². The van der Waals surface area contributed by atoms with Crippen molar-refractivity contribution in [2.75, 3.05) is 11.5 Å². The highest BCUT2D eigenvalue weighted by Gasteiger charge is 2.23. The molecule has 0 heterocycles. The van der Waals surface area contributed by atoms with Gasteiger partial charge in [0, 0.05) is 5.56 Å². The Balaban J connectivity index is 2.86. The number of nitrogen functional groups attached to an aromatic ring is 2. The second-order valence-electron chi connectivity index (χ2n) is 4.67. The summed E-state index contributed by atoms with van der Waals surface area (Å²) in [6.45, 7) is 0. The molecule has 0 aromatic heterocycles. The molecule has 6 N–H and O–H groups in total. The topological polar surface area (TPSA) is 161 Å². The van der Waals surface area contributed by atoms with E-state index < -0.39 is 35.7 Å². The Bertz CT molecular complexity index is 1050. The second-order valence-corrected chi connectivity index (χ2v) is 8.20. The van der Waals surface area contributed by atoms with Crippen LogP contribution >= 0.6 is 23.2 Å². The Hall–Kier alpha value is -1.56. The fourth-order valence-corrected chi connectivity index (χ4v) is 3.78. The van der Waals surface area contributed by atoms with Crippen LogP contribution < -0.4 is 11.5 Å². The molecular formula is C12H10Cl2N2O6S2. The lowest BCUT2D eigenvalue weighted by Crippen LogP contribution is -2.06. The maximum absolute atomic E-state index is 11.4. The molecule has 2 aromatic rings. The Morgan fingerprint density at radius 3 is 1.88 bits per heavy atom. The highest BCUT2D eigenvalue weighted by molar-refractivity contribution is 7.86. The normalized spacial score (nSPS) is 12.3.